The van der Waals surface area contributed by atoms with Crippen molar-refractivity contribution in [2.75, 3.05) is 0 Å². The highest BCUT2D eigenvalue weighted by molar-refractivity contribution is 5.81. The van der Waals surface area contributed by atoms with Gasteiger partial charge >= 0.3 is 0 Å². The number of ketones is 1. The van der Waals surface area contributed by atoms with Crippen molar-refractivity contribution >= 4 is 12.1 Å². The van der Waals surface area contributed by atoms with E-state index in [0.717, 1.165) is 19.1 Å². The zero-order valence-electron chi connectivity index (χ0n) is 11.6. The Bertz CT molecular complexity index is 242. The maximum absolute atomic E-state index is 11.5. The van der Waals surface area contributed by atoms with Gasteiger partial charge in [-0.15, -0.1) is 0 Å². The fourth-order valence-corrected chi connectivity index (χ4v) is 1.73. The van der Waals surface area contributed by atoms with Crippen LogP contribution in [0.1, 0.15) is 47.5 Å². The van der Waals surface area contributed by atoms with Gasteiger partial charge in [0.05, 0.1) is 12.1 Å². The molecule has 4 nitrogen and oxygen atoms in total. The Hall–Kier alpha value is -0.740. The summed E-state index contributed by atoms with van der Waals surface area (Å²) in [6.45, 7) is 9.78. The van der Waals surface area contributed by atoms with Gasteiger partial charge in [-0.1, -0.05) is 34.1 Å². The molecule has 0 aliphatic heterocycles. The van der Waals surface area contributed by atoms with Gasteiger partial charge in [-0.3, -0.25) is 4.79 Å². The molecule has 0 aromatic rings. The second kappa shape index (κ2) is 8.37. The molecule has 0 saturated heterocycles. The van der Waals surface area contributed by atoms with E-state index in [-0.39, 0.29) is 23.8 Å². The Morgan fingerprint density at radius 1 is 1.24 bits per heavy atom. The summed E-state index contributed by atoms with van der Waals surface area (Å²) in [5.41, 5.74) is 5.95. The van der Waals surface area contributed by atoms with Gasteiger partial charge in [0.15, 0.2) is 0 Å². The van der Waals surface area contributed by atoms with Crippen LogP contribution in [-0.2, 0) is 9.59 Å². The number of rotatable bonds is 9. The van der Waals surface area contributed by atoms with E-state index in [1.54, 1.807) is 6.92 Å². The van der Waals surface area contributed by atoms with E-state index in [1.165, 1.54) is 0 Å². The predicted octanol–water partition coefficient (Wildman–Crippen LogP) is 1.70. The third-order valence-electron chi connectivity index (χ3n) is 2.96. The monoisotopic (exact) mass is 242 g/mol. The third-order valence-corrected chi connectivity index (χ3v) is 2.96. The summed E-state index contributed by atoms with van der Waals surface area (Å²) in [4.78, 5) is 22.4. The molecule has 4 heteroatoms. The van der Waals surface area contributed by atoms with Crippen LogP contribution in [0.2, 0.25) is 0 Å². The first kappa shape index (κ1) is 16.3. The van der Waals surface area contributed by atoms with Crippen molar-refractivity contribution in [1.82, 2.24) is 10.9 Å². The van der Waals surface area contributed by atoms with E-state index in [1.807, 2.05) is 13.8 Å². The third kappa shape index (κ3) is 6.54. The summed E-state index contributed by atoms with van der Waals surface area (Å²) >= 11 is 0. The summed E-state index contributed by atoms with van der Waals surface area (Å²) in [5.74, 6) is 0.797. The van der Waals surface area contributed by atoms with E-state index in [9.17, 15) is 9.59 Å². The number of hydrazine groups is 1. The largest absolute Gasteiger partial charge is 0.302 e. The molecule has 0 saturated carbocycles. The standard InChI is InChI=1S/C13H26N2O2/c1-6-10(4)13(11(5)17)15-14-12(8-16)7-9(2)3/h8-10,12-15H,6-7H2,1-5H3/t10-,12-,13?/m0/s1. The van der Waals surface area contributed by atoms with Crippen LogP contribution in [0.3, 0.4) is 0 Å². The van der Waals surface area contributed by atoms with Crippen LogP contribution in [0.4, 0.5) is 0 Å². The maximum Gasteiger partial charge on any atom is 0.148 e. The zero-order valence-corrected chi connectivity index (χ0v) is 11.6. The number of hydrogen-bond acceptors (Lipinski definition) is 4. The Labute approximate surface area is 105 Å². The molecule has 0 spiro atoms. The predicted molar refractivity (Wildman–Crippen MR) is 69.5 cm³/mol. The van der Waals surface area contributed by atoms with E-state index in [4.69, 9.17) is 0 Å². The highest BCUT2D eigenvalue weighted by atomic mass is 16.1. The second-order valence-corrected chi connectivity index (χ2v) is 5.13. The highest BCUT2D eigenvalue weighted by Crippen LogP contribution is 2.08. The van der Waals surface area contributed by atoms with E-state index in [0.29, 0.717) is 5.92 Å². The summed E-state index contributed by atoms with van der Waals surface area (Å²) in [5, 5.41) is 0. The molecule has 0 aromatic heterocycles. The van der Waals surface area contributed by atoms with Crippen LogP contribution in [0, 0.1) is 11.8 Å². The number of Topliss-reactive ketones (excluding diaryl/α,β-unsaturated/α-hetero) is 1. The van der Waals surface area contributed by atoms with Gasteiger partial charge in [0, 0.05) is 0 Å². The Morgan fingerprint density at radius 3 is 2.18 bits per heavy atom. The minimum atomic E-state index is -0.235. The van der Waals surface area contributed by atoms with E-state index < -0.39 is 0 Å². The molecule has 0 rings (SSSR count). The van der Waals surface area contributed by atoms with Crippen LogP contribution in [0.25, 0.3) is 0 Å². The number of carbonyl (C=O) groups excluding carboxylic acids is 2. The summed E-state index contributed by atoms with van der Waals surface area (Å²) in [6, 6.07) is -0.462. The van der Waals surface area contributed by atoms with Crippen molar-refractivity contribution in [2.24, 2.45) is 11.8 Å². The van der Waals surface area contributed by atoms with Gasteiger partial charge in [-0.05, 0) is 25.2 Å². The first-order valence-electron chi connectivity index (χ1n) is 6.39. The second-order valence-electron chi connectivity index (χ2n) is 5.13. The molecule has 0 radical (unpaired) electrons. The molecule has 0 heterocycles. The van der Waals surface area contributed by atoms with Crippen LogP contribution in [-0.4, -0.2) is 24.2 Å². The first-order chi connectivity index (χ1) is 7.92. The van der Waals surface area contributed by atoms with Gasteiger partial charge in [-0.25, -0.2) is 10.9 Å². The van der Waals surface area contributed by atoms with Crippen molar-refractivity contribution in [3.63, 3.8) is 0 Å². The van der Waals surface area contributed by atoms with Gasteiger partial charge in [0.1, 0.15) is 12.1 Å². The SMILES string of the molecule is CC[C@H](C)C(NN[C@H](C=O)CC(C)C)C(C)=O. The lowest BCUT2D eigenvalue weighted by Crippen LogP contribution is -2.52. The molecule has 0 aliphatic carbocycles. The normalized spacial score (nSPS) is 16.6. The Kier molecular flexibility index (Phi) is 8.00. The molecule has 1 unspecified atom stereocenters. The number of aldehydes is 1. The summed E-state index contributed by atoms with van der Waals surface area (Å²) < 4.78 is 0. The molecule has 3 atom stereocenters. The number of nitrogens with one attached hydrogen (secondary N) is 2. The molecular weight excluding hydrogens is 216 g/mol. The van der Waals surface area contributed by atoms with Gasteiger partial charge in [-0.2, -0.15) is 0 Å². The number of carbonyl (C=O) groups is 2. The molecular formula is C13H26N2O2. The number of hydrogen-bond donors (Lipinski definition) is 2. The maximum atomic E-state index is 11.5. The Morgan fingerprint density at radius 2 is 1.82 bits per heavy atom. The van der Waals surface area contributed by atoms with Crippen molar-refractivity contribution in [1.29, 1.82) is 0 Å². The quantitative estimate of drug-likeness (QED) is 0.477. The fraction of sp³-hybridized carbons (Fsp3) is 0.846. The molecule has 0 aromatic carbocycles. The minimum absolute atomic E-state index is 0.0982. The van der Waals surface area contributed by atoms with Crippen LogP contribution < -0.4 is 10.9 Å². The van der Waals surface area contributed by atoms with Gasteiger partial charge in [0.25, 0.3) is 0 Å². The lowest BCUT2D eigenvalue weighted by Gasteiger charge is -2.24. The molecule has 0 aliphatic rings. The topological polar surface area (TPSA) is 58.2 Å². The van der Waals surface area contributed by atoms with Crippen LogP contribution >= 0.6 is 0 Å². The van der Waals surface area contributed by atoms with Gasteiger partial charge in [0.2, 0.25) is 0 Å². The fourth-order valence-electron chi connectivity index (χ4n) is 1.73. The molecule has 17 heavy (non-hydrogen) atoms. The smallest absolute Gasteiger partial charge is 0.148 e. The molecule has 2 N–H and O–H groups in total. The molecule has 0 fully saturated rings. The van der Waals surface area contributed by atoms with Crippen molar-refractivity contribution < 1.29 is 9.59 Å². The summed E-state index contributed by atoms with van der Waals surface area (Å²) in [7, 11) is 0. The average molecular weight is 242 g/mol. The van der Waals surface area contributed by atoms with Crippen LogP contribution in [0.5, 0.6) is 0 Å². The summed E-state index contributed by atoms with van der Waals surface area (Å²) in [6.07, 6.45) is 2.58. The van der Waals surface area contributed by atoms with Crippen molar-refractivity contribution in [3.8, 4) is 0 Å². The lowest BCUT2D eigenvalue weighted by molar-refractivity contribution is -0.121. The van der Waals surface area contributed by atoms with Crippen molar-refractivity contribution in [3.05, 3.63) is 0 Å². The van der Waals surface area contributed by atoms with E-state index in [2.05, 4.69) is 24.7 Å². The molecule has 100 valence electrons. The zero-order chi connectivity index (χ0) is 13.4. The highest BCUT2D eigenvalue weighted by Gasteiger charge is 2.21. The van der Waals surface area contributed by atoms with Crippen molar-refractivity contribution in [2.45, 2.75) is 59.5 Å². The van der Waals surface area contributed by atoms with Gasteiger partial charge < -0.3 is 4.79 Å². The first-order valence-corrected chi connectivity index (χ1v) is 6.39. The van der Waals surface area contributed by atoms with Crippen LogP contribution in [0.15, 0.2) is 0 Å². The lowest BCUT2D eigenvalue weighted by atomic mass is 9.97. The minimum Gasteiger partial charge on any atom is -0.302 e. The molecule has 0 bridgehead atoms. The Balaban J connectivity index is 4.27. The average Bonchev–Trinajstić information content (AvgIpc) is 2.26. The van der Waals surface area contributed by atoms with E-state index >= 15 is 0 Å². The molecule has 0 amide bonds.